The minimum absolute atomic E-state index is 0.000788. The molecule has 3 aliphatic rings. The molecule has 1 aliphatic carbocycles. The monoisotopic (exact) mass is 1090 g/mol. The summed E-state index contributed by atoms with van der Waals surface area (Å²) in [5.74, 6) is 0. The maximum absolute atomic E-state index is 2.73. The Morgan fingerprint density at radius 1 is 0.361 bits per heavy atom. The number of aryl methyl sites for hydroxylation is 6. The Balaban J connectivity index is 1.18. The fraction of sp³-hybridized carbons (Fsp3) is 0.316. The van der Waals surface area contributed by atoms with Crippen molar-refractivity contribution < 1.29 is 0 Å². The molecule has 4 heteroatoms. The lowest BCUT2D eigenvalue weighted by atomic mass is 9.33. The van der Waals surface area contributed by atoms with E-state index in [0.29, 0.717) is 0 Å². The molecule has 0 atom stereocenters. The normalized spacial score (nSPS) is 14.5. The Morgan fingerprint density at radius 3 is 1.42 bits per heavy atom. The largest absolute Gasteiger partial charge is 0.311 e. The molecule has 0 amide bonds. The van der Waals surface area contributed by atoms with Crippen molar-refractivity contribution in [2.45, 2.75) is 166 Å². The first-order valence-electron chi connectivity index (χ1n) is 30.5. The molecule has 0 unspecified atom stereocenters. The summed E-state index contributed by atoms with van der Waals surface area (Å²) >= 11 is 0. The molecule has 3 heterocycles. The van der Waals surface area contributed by atoms with Gasteiger partial charge in [0.05, 0.1) is 28.1 Å². The van der Waals surface area contributed by atoms with Crippen molar-refractivity contribution in [1.29, 1.82) is 0 Å². The Hall–Kier alpha value is -7.56. The standard InChI is InChI=1S/C79H84BN3/c1-45-25-23-26-46(2)72(45)81-64-34-32-52(75(7,8)9)39-58(64)59-43-63-67(44-65(59)81)83(73-47(3)35-51(36-48(73)4)56-28-24-30-61-70(56)57-27-21-22-29-60(57)79(61,19)20)69-42-55(78(16,17)18)41-68-71(69)80(63)62-33-31-53(76(10,11)12)40-66(62)82(68)74-49(5)37-54(38-50(74)6)77(13,14)15/h21-44H,1-20H3. The van der Waals surface area contributed by atoms with E-state index in [-0.39, 0.29) is 33.8 Å². The van der Waals surface area contributed by atoms with Crippen molar-refractivity contribution in [3.05, 3.63) is 212 Å². The van der Waals surface area contributed by atoms with Crippen LogP contribution in [0.25, 0.3) is 49.7 Å². The zero-order chi connectivity index (χ0) is 59.1. The smallest absolute Gasteiger partial charge is 0.252 e. The Morgan fingerprint density at radius 2 is 0.831 bits per heavy atom. The molecule has 0 N–H and O–H groups in total. The van der Waals surface area contributed by atoms with Crippen LogP contribution in [0, 0.1) is 41.5 Å². The van der Waals surface area contributed by atoms with Crippen molar-refractivity contribution in [2.24, 2.45) is 0 Å². The molecule has 83 heavy (non-hydrogen) atoms. The first-order chi connectivity index (χ1) is 38.9. The van der Waals surface area contributed by atoms with Crippen molar-refractivity contribution >= 4 is 79.0 Å². The number of hydrogen-bond donors (Lipinski definition) is 0. The van der Waals surface area contributed by atoms with Gasteiger partial charge in [-0.25, -0.2) is 0 Å². The molecule has 0 bridgehead atoms. The van der Waals surface area contributed by atoms with E-state index in [1.54, 1.807) is 0 Å². The first-order valence-corrected chi connectivity index (χ1v) is 30.5. The molecule has 13 rings (SSSR count). The number of anilines is 6. The Labute approximate surface area is 496 Å². The van der Waals surface area contributed by atoms with Crippen LogP contribution >= 0.6 is 0 Å². The lowest BCUT2D eigenvalue weighted by molar-refractivity contribution is 0.588. The van der Waals surface area contributed by atoms with E-state index in [1.807, 2.05) is 0 Å². The summed E-state index contributed by atoms with van der Waals surface area (Å²) < 4.78 is 2.60. The van der Waals surface area contributed by atoms with Crippen LogP contribution < -0.4 is 26.2 Å². The highest BCUT2D eigenvalue weighted by atomic mass is 15.2. The van der Waals surface area contributed by atoms with Gasteiger partial charge in [-0.05, 0) is 217 Å². The van der Waals surface area contributed by atoms with Gasteiger partial charge in [-0.15, -0.1) is 0 Å². The summed E-state index contributed by atoms with van der Waals surface area (Å²) in [6.45, 7) is 47.1. The summed E-state index contributed by atoms with van der Waals surface area (Å²) in [5.41, 5.74) is 35.9. The van der Waals surface area contributed by atoms with E-state index in [4.69, 9.17) is 0 Å². The molecule has 0 fully saturated rings. The fourth-order valence-corrected chi connectivity index (χ4v) is 15.0. The number of nitrogens with zero attached hydrogens (tertiary/aromatic N) is 3. The van der Waals surface area contributed by atoms with Crippen LogP contribution in [0.5, 0.6) is 0 Å². The van der Waals surface area contributed by atoms with E-state index in [9.17, 15) is 0 Å². The molecule has 9 aromatic carbocycles. The van der Waals surface area contributed by atoms with Gasteiger partial charge in [0, 0.05) is 38.9 Å². The number of benzene rings is 9. The van der Waals surface area contributed by atoms with Crippen LogP contribution in [0.15, 0.2) is 146 Å². The highest BCUT2D eigenvalue weighted by molar-refractivity contribution is 7.00. The third kappa shape index (κ3) is 8.26. The highest BCUT2D eigenvalue weighted by Gasteiger charge is 2.46. The van der Waals surface area contributed by atoms with Crippen molar-refractivity contribution in [2.75, 3.05) is 9.80 Å². The lowest BCUT2D eigenvalue weighted by Crippen LogP contribution is -2.61. The molecule has 0 saturated heterocycles. The Bertz CT molecular complexity index is 4350. The van der Waals surface area contributed by atoms with Crippen LogP contribution in [-0.2, 0) is 27.1 Å². The third-order valence-electron chi connectivity index (χ3n) is 19.4. The summed E-state index contributed by atoms with van der Waals surface area (Å²) in [5, 5.41) is 2.58. The first kappa shape index (κ1) is 54.7. The summed E-state index contributed by atoms with van der Waals surface area (Å²) in [4.78, 5) is 5.43. The van der Waals surface area contributed by atoms with E-state index >= 15 is 0 Å². The van der Waals surface area contributed by atoms with E-state index in [0.717, 1.165) is 0 Å². The molecule has 0 saturated carbocycles. The number of aromatic nitrogens is 1. The number of para-hydroxylation sites is 1. The van der Waals surface area contributed by atoms with E-state index in [2.05, 4.69) is 298 Å². The minimum atomic E-state index is -0.179. The van der Waals surface area contributed by atoms with Gasteiger partial charge in [0.1, 0.15) is 0 Å². The van der Waals surface area contributed by atoms with Crippen LogP contribution in [0.3, 0.4) is 0 Å². The molecule has 2 aliphatic heterocycles. The van der Waals surface area contributed by atoms with Crippen LogP contribution in [0.4, 0.5) is 34.1 Å². The molecule has 0 radical (unpaired) electrons. The fourth-order valence-electron chi connectivity index (χ4n) is 15.0. The van der Waals surface area contributed by atoms with Gasteiger partial charge in [0.2, 0.25) is 0 Å². The van der Waals surface area contributed by atoms with E-state index < -0.39 is 0 Å². The molecule has 1 aromatic heterocycles. The van der Waals surface area contributed by atoms with Crippen molar-refractivity contribution in [3.8, 4) is 27.9 Å². The van der Waals surface area contributed by atoms with Crippen LogP contribution in [-0.4, -0.2) is 11.3 Å². The topological polar surface area (TPSA) is 11.4 Å². The minimum Gasteiger partial charge on any atom is -0.311 e. The van der Waals surface area contributed by atoms with Gasteiger partial charge in [0.15, 0.2) is 0 Å². The average Bonchev–Trinajstić information content (AvgIpc) is 1.46. The van der Waals surface area contributed by atoms with Gasteiger partial charge in [-0.1, -0.05) is 194 Å². The van der Waals surface area contributed by atoms with Gasteiger partial charge in [0.25, 0.3) is 6.71 Å². The number of hydrogen-bond acceptors (Lipinski definition) is 2. The van der Waals surface area contributed by atoms with Gasteiger partial charge in [-0.3, -0.25) is 0 Å². The van der Waals surface area contributed by atoms with Gasteiger partial charge < -0.3 is 14.4 Å². The second kappa shape index (κ2) is 18.2. The lowest BCUT2D eigenvalue weighted by Gasteiger charge is -2.46. The molecule has 3 nitrogen and oxygen atoms in total. The molecular weight excluding hydrogens is 1000 g/mol. The maximum Gasteiger partial charge on any atom is 0.252 e. The van der Waals surface area contributed by atoms with Crippen molar-refractivity contribution in [1.82, 2.24) is 4.57 Å². The second-order valence-corrected chi connectivity index (χ2v) is 29.9. The predicted octanol–water partition coefficient (Wildman–Crippen LogP) is 19.9. The SMILES string of the molecule is Cc1cc(C(C)(C)C)cc(C)c1N1c2cc(C(C)(C)C)ccc2B2c3cc4c5cc(C(C)(C)C)ccc5n(-c5c(C)cccc5C)c4cc3N(c3c(C)cc(-c4cccc5c4-c4ccccc4C5(C)C)cc3C)c3cc(C(C)(C)C)cc1c32. The quantitative estimate of drug-likeness (QED) is 0.163. The maximum atomic E-state index is 2.73. The predicted molar refractivity (Wildman–Crippen MR) is 361 cm³/mol. The molecular formula is C79H84BN3. The van der Waals surface area contributed by atoms with E-state index in [1.165, 1.54) is 167 Å². The highest BCUT2D eigenvalue weighted by Crippen LogP contribution is 2.55. The second-order valence-electron chi connectivity index (χ2n) is 29.9. The zero-order valence-corrected chi connectivity index (χ0v) is 53.3. The Kier molecular flexibility index (Phi) is 12.0. The third-order valence-corrected chi connectivity index (χ3v) is 19.4. The molecule has 418 valence electrons. The number of rotatable bonds is 4. The zero-order valence-electron chi connectivity index (χ0n) is 53.3. The summed E-state index contributed by atoms with van der Waals surface area (Å²) in [7, 11) is 0. The summed E-state index contributed by atoms with van der Waals surface area (Å²) in [6.07, 6.45) is 0. The summed E-state index contributed by atoms with van der Waals surface area (Å²) in [6, 6.07) is 58.0. The van der Waals surface area contributed by atoms with Crippen molar-refractivity contribution in [3.63, 3.8) is 0 Å². The van der Waals surface area contributed by atoms with Crippen LogP contribution in [0.1, 0.15) is 164 Å². The van der Waals surface area contributed by atoms with Gasteiger partial charge >= 0.3 is 0 Å². The molecule has 10 aromatic rings. The average molecular weight is 1090 g/mol. The van der Waals surface area contributed by atoms with Gasteiger partial charge in [-0.2, -0.15) is 0 Å². The van der Waals surface area contributed by atoms with Crippen LogP contribution in [0.2, 0.25) is 0 Å². The molecule has 0 spiro atoms. The number of fused-ring (bicyclic) bond motifs is 10.